The zero-order chi connectivity index (χ0) is 22.1. The van der Waals surface area contributed by atoms with E-state index >= 15 is 0 Å². The molecule has 1 atom stereocenters. The number of methoxy groups -OCH3 is 1. The number of aromatic nitrogens is 2. The number of amides is 1. The average molecular weight is 438 g/mol. The number of H-pyrrole nitrogens is 1. The summed E-state index contributed by atoms with van der Waals surface area (Å²) in [4.78, 5) is 16.3. The first kappa shape index (κ1) is 21.5. The maximum atomic E-state index is 13.3. The zero-order valence-corrected chi connectivity index (χ0v) is 19.0. The molecule has 0 spiro atoms. The van der Waals surface area contributed by atoms with Gasteiger partial charge in [0.15, 0.2) is 0 Å². The molecule has 31 heavy (non-hydrogen) atoms. The molecule has 7 heteroatoms. The van der Waals surface area contributed by atoms with Gasteiger partial charge in [-0.1, -0.05) is 12.1 Å². The number of ether oxygens (including phenoxy) is 1. The second-order valence-corrected chi connectivity index (χ2v) is 8.71. The Morgan fingerprint density at radius 3 is 2.58 bits per heavy atom. The largest absolute Gasteiger partial charge is 0.507 e. The molecule has 1 aliphatic rings. The summed E-state index contributed by atoms with van der Waals surface area (Å²) in [5, 5.41) is 18.1. The van der Waals surface area contributed by atoms with E-state index in [2.05, 4.69) is 34.5 Å². The zero-order valence-electron chi connectivity index (χ0n) is 18.2. The van der Waals surface area contributed by atoms with Crippen molar-refractivity contribution in [1.82, 2.24) is 15.1 Å². The molecule has 2 aromatic carbocycles. The first-order valence-corrected chi connectivity index (χ1v) is 11.5. The molecule has 2 heterocycles. The van der Waals surface area contributed by atoms with Crippen LogP contribution < -0.4 is 0 Å². The number of aromatic amines is 1. The van der Waals surface area contributed by atoms with Gasteiger partial charge in [-0.3, -0.25) is 9.89 Å². The summed E-state index contributed by atoms with van der Waals surface area (Å²) >= 11 is 1.68. The number of phenols is 1. The van der Waals surface area contributed by atoms with E-state index in [0.717, 1.165) is 28.7 Å². The Morgan fingerprint density at radius 1 is 1.19 bits per heavy atom. The van der Waals surface area contributed by atoms with Crippen LogP contribution in [0.2, 0.25) is 0 Å². The van der Waals surface area contributed by atoms with E-state index in [1.165, 1.54) is 4.90 Å². The highest BCUT2D eigenvalue weighted by molar-refractivity contribution is 7.98. The predicted octanol–water partition coefficient (Wildman–Crippen LogP) is 4.70. The molecule has 1 unspecified atom stereocenters. The van der Waals surface area contributed by atoms with Crippen LogP contribution in [0.5, 0.6) is 5.75 Å². The van der Waals surface area contributed by atoms with Crippen molar-refractivity contribution >= 4 is 17.7 Å². The third-order valence-electron chi connectivity index (χ3n) is 5.91. The lowest BCUT2D eigenvalue weighted by Gasteiger charge is -2.26. The maximum Gasteiger partial charge on any atom is 0.273 e. The van der Waals surface area contributed by atoms with E-state index in [4.69, 9.17) is 4.74 Å². The molecule has 1 aromatic heterocycles. The van der Waals surface area contributed by atoms with Crippen LogP contribution in [0.3, 0.4) is 0 Å². The van der Waals surface area contributed by atoms with Crippen molar-refractivity contribution in [3.05, 3.63) is 64.3 Å². The molecule has 162 valence electrons. The van der Waals surface area contributed by atoms with Gasteiger partial charge in [-0.2, -0.15) is 5.10 Å². The van der Waals surface area contributed by atoms with Crippen molar-refractivity contribution in [3.8, 4) is 17.0 Å². The summed E-state index contributed by atoms with van der Waals surface area (Å²) < 4.78 is 5.21. The molecule has 4 rings (SSSR count). The van der Waals surface area contributed by atoms with Crippen molar-refractivity contribution in [2.24, 2.45) is 0 Å². The molecule has 2 N–H and O–H groups in total. The van der Waals surface area contributed by atoms with Gasteiger partial charge < -0.3 is 14.7 Å². The summed E-state index contributed by atoms with van der Waals surface area (Å²) in [6, 6.07) is 11.7. The highest BCUT2D eigenvalue weighted by Crippen LogP contribution is 2.45. The van der Waals surface area contributed by atoms with Crippen LogP contribution >= 0.6 is 11.8 Å². The number of nitrogens with one attached hydrogen (secondary N) is 1. The maximum absolute atomic E-state index is 13.3. The van der Waals surface area contributed by atoms with Crippen LogP contribution in [0.1, 0.15) is 45.2 Å². The number of carbonyl (C=O) groups excluding carboxylic acids is 1. The van der Waals surface area contributed by atoms with Crippen molar-refractivity contribution < 1.29 is 14.6 Å². The molecule has 0 bridgehead atoms. The molecule has 0 aliphatic carbocycles. The lowest BCUT2D eigenvalue weighted by Crippen LogP contribution is -2.31. The van der Waals surface area contributed by atoms with Gasteiger partial charge in [-0.15, -0.1) is 11.8 Å². The molecule has 0 radical (unpaired) electrons. The van der Waals surface area contributed by atoms with E-state index in [1.807, 2.05) is 31.1 Å². The lowest BCUT2D eigenvalue weighted by atomic mass is 9.94. The van der Waals surface area contributed by atoms with E-state index in [9.17, 15) is 9.90 Å². The molecular formula is C24H27N3O3S. The smallest absolute Gasteiger partial charge is 0.273 e. The van der Waals surface area contributed by atoms with E-state index in [1.54, 1.807) is 24.9 Å². The molecule has 0 fully saturated rings. The fraction of sp³-hybridized carbons (Fsp3) is 0.333. The average Bonchev–Trinajstić information content (AvgIpc) is 3.30. The monoisotopic (exact) mass is 437 g/mol. The van der Waals surface area contributed by atoms with Crippen LogP contribution in [0.4, 0.5) is 0 Å². The second kappa shape index (κ2) is 8.77. The number of carbonyl (C=O) groups is 1. The lowest BCUT2D eigenvalue weighted by molar-refractivity contribution is 0.0723. The van der Waals surface area contributed by atoms with Gasteiger partial charge in [0.25, 0.3) is 5.91 Å². The molecule has 1 aliphatic heterocycles. The number of aromatic hydroxyl groups is 1. The summed E-state index contributed by atoms with van der Waals surface area (Å²) in [7, 11) is 1.66. The third kappa shape index (κ3) is 3.83. The van der Waals surface area contributed by atoms with Crippen LogP contribution in [-0.4, -0.2) is 52.6 Å². The first-order chi connectivity index (χ1) is 15.0. The fourth-order valence-corrected chi connectivity index (χ4v) is 4.54. The van der Waals surface area contributed by atoms with E-state index in [0.29, 0.717) is 30.1 Å². The Balaban J connectivity index is 1.84. The van der Waals surface area contributed by atoms with E-state index in [-0.39, 0.29) is 17.7 Å². The molecule has 3 aromatic rings. The summed E-state index contributed by atoms with van der Waals surface area (Å²) in [6.07, 6.45) is 2.78. The number of nitrogens with zero attached hydrogens (tertiary/aromatic N) is 2. The number of fused-ring (bicyclic) bond motifs is 1. The highest BCUT2D eigenvalue weighted by atomic mass is 32.2. The minimum atomic E-state index is -0.273. The summed E-state index contributed by atoms with van der Waals surface area (Å²) in [5.41, 5.74) is 5.66. The highest BCUT2D eigenvalue weighted by Gasteiger charge is 2.42. The predicted molar refractivity (Wildman–Crippen MR) is 123 cm³/mol. The number of thioether (sulfide) groups is 1. The quantitative estimate of drug-likeness (QED) is 0.414. The van der Waals surface area contributed by atoms with Crippen LogP contribution in [0.25, 0.3) is 11.3 Å². The standard InChI is InChI=1S/C24H27N3O3S/c1-14-12-18(19(28)13-15(14)2)21-20-22(26-25-21)24(29)27(10-5-11-30-3)23(20)16-6-8-17(31-4)9-7-16/h6-9,12-13,23,28H,5,10-11H2,1-4H3,(H,25,26). The van der Waals surface area contributed by atoms with E-state index < -0.39 is 0 Å². The minimum Gasteiger partial charge on any atom is -0.507 e. The van der Waals surface area contributed by atoms with Gasteiger partial charge in [-0.25, -0.2) is 0 Å². The molecule has 0 saturated carbocycles. The SMILES string of the molecule is COCCCN1C(=O)c2[nH]nc(-c3cc(C)c(C)cc3O)c2C1c1ccc(SC)cc1. The van der Waals surface area contributed by atoms with Crippen molar-refractivity contribution in [1.29, 1.82) is 0 Å². The van der Waals surface area contributed by atoms with Gasteiger partial charge in [0.2, 0.25) is 0 Å². The van der Waals surface area contributed by atoms with Gasteiger partial charge >= 0.3 is 0 Å². The topological polar surface area (TPSA) is 78.5 Å². The first-order valence-electron chi connectivity index (χ1n) is 10.3. The number of hydrogen-bond acceptors (Lipinski definition) is 5. The summed E-state index contributed by atoms with van der Waals surface area (Å²) in [5.74, 6) is 0.0892. The third-order valence-corrected chi connectivity index (χ3v) is 6.65. The molecule has 0 saturated heterocycles. The van der Waals surface area contributed by atoms with Crippen LogP contribution in [-0.2, 0) is 4.74 Å². The minimum absolute atomic E-state index is 0.0767. The fourth-order valence-electron chi connectivity index (χ4n) is 4.14. The number of aryl methyl sites for hydroxylation is 2. The Bertz CT molecular complexity index is 1110. The van der Waals surface area contributed by atoms with Crippen LogP contribution in [0, 0.1) is 13.8 Å². The Kier molecular flexibility index (Phi) is 6.07. The Morgan fingerprint density at radius 2 is 1.90 bits per heavy atom. The van der Waals surface area contributed by atoms with Gasteiger partial charge in [-0.05, 0) is 67.5 Å². The van der Waals surface area contributed by atoms with Crippen molar-refractivity contribution in [3.63, 3.8) is 0 Å². The number of hydrogen-bond donors (Lipinski definition) is 2. The number of benzene rings is 2. The normalized spacial score (nSPS) is 15.5. The van der Waals surface area contributed by atoms with Gasteiger partial charge in [0.1, 0.15) is 17.1 Å². The van der Waals surface area contributed by atoms with Crippen molar-refractivity contribution in [2.75, 3.05) is 26.5 Å². The number of phenolic OH excluding ortho intramolecular Hbond substituents is 1. The molecule has 1 amide bonds. The molecule has 6 nitrogen and oxygen atoms in total. The van der Waals surface area contributed by atoms with Crippen molar-refractivity contribution in [2.45, 2.75) is 31.2 Å². The Labute approximate surface area is 186 Å². The molecular weight excluding hydrogens is 410 g/mol. The second-order valence-electron chi connectivity index (χ2n) is 7.84. The van der Waals surface area contributed by atoms with Crippen LogP contribution in [0.15, 0.2) is 41.3 Å². The summed E-state index contributed by atoms with van der Waals surface area (Å²) in [6.45, 7) is 5.12. The number of rotatable bonds is 7. The Hall–Kier alpha value is -2.77. The van der Waals surface area contributed by atoms with Gasteiger partial charge in [0.05, 0.1) is 6.04 Å². The van der Waals surface area contributed by atoms with Gasteiger partial charge in [0, 0.05) is 36.3 Å².